The monoisotopic (exact) mass is 329 g/mol. The minimum atomic E-state index is -0.894. The molecule has 2 heterocycles. The number of hydrogen-bond donors (Lipinski definition) is 2. The van der Waals surface area contributed by atoms with Crippen molar-refractivity contribution in [2.75, 3.05) is 13.6 Å². The van der Waals surface area contributed by atoms with Crippen molar-refractivity contribution in [3.8, 4) is 11.8 Å². The first-order valence-electron chi connectivity index (χ1n) is 8.26. The van der Waals surface area contributed by atoms with Crippen LogP contribution in [0.5, 0.6) is 5.75 Å². The number of fused-ring (bicyclic) bond motifs is 1. The topological polar surface area (TPSA) is 85.6 Å². The van der Waals surface area contributed by atoms with E-state index in [9.17, 15) is 15.2 Å². The first-order valence-corrected chi connectivity index (χ1v) is 8.26. The summed E-state index contributed by atoms with van der Waals surface area (Å²) in [5.41, 5.74) is 0.326. The minimum absolute atomic E-state index is 0.0393. The predicted octanol–water partition coefficient (Wildman–Crippen LogP) is 1.34. The third-order valence-corrected chi connectivity index (χ3v) is 4.97. The van der Waals surface area contributed by atoms with Gasteiger partial charge in [0.1, 0.15) is 17.5 Å². The SMILES string of the molecule is CN(C(=O)C1CCCN1)C1c2cc(C#N)ccc2OC(C)(C)C1O. The van der Waals surface area contributed by atoms with Gasteiger partial charge in [0.15, 0.2) is 0 Å². The maximum Gasteiger partial charge on any atom is 0.240 e. The zero-order chi connectivity index (χ0) is 17.5. The molecule has 128 valence electrons. The highest BCUT2D eigenvalue weighted by molar-refractivity contribution is 5.82. The molecule has 1 aromatic rings. The Morgan fingerprint density at radius 3 is 2.88 bits per heavy atom. The fourth-order valence-electron chi connectivity index (χ4n) is 3.53. The first-order chi connectivity index (χ1) is 11.3. The van der Waals surface area contributed by atoms with Crippen LogP contribution in [0.3, 0.4) is 0 Å². The van der Waals surface area contributed by atoms with Crippen LogP contribution in [-0.2, 0) is 4.79 Å². The average molecular weight is 329 g/mol. The molecule has 6 heteroatoms. The summed E-state index contributed by atoms with van der Waals surface area (Å²) < 4.78 is 5.90. The van der Waals surface area contributed by atoms with E-state index in [1.165, 1.54) is 0 Å². The second kappa shape index (κ2) is 6.08. The lowest BCUT2D eigenvalue weighted by atomic mass is 9.85. The minimum Gasteiger partial charge on any atom is -0.485 e. The van der Waals surface area contributed by atoms with Crippen molar-refractivity contribution < 1.29 is 14.6 Å². The number of carbonyl (C=O) groups excluding carboxylic acids is 1. The number of amides is 1. The number of carbonyl (C=O) groups is 1. The summed E-state index contributed by atoms with van der Waals surface area (Å²) in [6.07, 6.45) is 0.882. The summed E-state index contributed by atoms with van der Waals surface area (Å²) >= 11 is 0. The second-order valence-electron chi connectivity index (χ2n) is 7.06. The number of likely N-dealkylation sites (N-methyl/N-ethyl adjacent to an activating group) is 1. The molecule has 0 radical (unpaired) electrons. The van der Waals surface area contributed by atoms with Crippen LogP contribution in [0.1, 0.15) is 43.9 Å². The van der Waals surface area contributed by atoms with Crippen molar-refractivity contribution in [1.29, 1.82) is 5.26 Å². The van der Waals surface area contributed by atoms with Gasteiger partial charge in [-0.1, -0.05) is 0 Å². The Balaban J connectivity index is 2.01. The number of ether oxygens (including phenoxy) is 1. The molecule has 1 fully saturated rings. The standard InChI is InChI=1S/C18H23N3O3/c1-18(2)16(22)15(21(3)17(23)13-5-4-8-20-13)12-9-11(10-19)6-7-14(12)24-18/h6-7,9,13,15-16,20,22H,4-5,8H2,1-3H3. The number of aliphatic hydroxyl groups is 1. The smallest absolute Gasteiger partial charge is 0.240 e. The zero-order valence-corrected chi connectivity index (χ0v) is 14.2. The van der Waals surface area contributed by atoms with E-state index in [4.69, 9.17) is 4.74 Å². The molecule has 0 aromatic heterocycles. The van der Waals surface area contributed by atoms with Gasteiger partial charge < -0.3 is 20.1 Å². The number of nitrogens with zero attached hydrogens (tertiary/aromatic N) is 2. The predicted molar refractivity (Wildman–Crippen MR) is 88.4 cm³/mol. The lowest BCUT2D eigenvalue weighted by Gasteiger charge is -2.45. The van der Waals surface area contributed by atoms with E-state index in [1.807, 2.05) is 0 Å². The Morgan fingerprint density at radius 1 is 1.50 bits per heavy atom. The van der Waals surface area contributed by atoms with E-state index in [-0.39, 0.29) is 11.9 Å². The van der Waals surface area contributed by atoms with Gasteiger partial charge in [-0.05, 0) is 51.4 Å². The molecule has 3 rings (SSSR count). The molecule has 0 bridgehead atoms. The first kappa shape index (κ1) is 16.7. The Labute approximate surface area is 142 Å². The molecule has 0 spiro atoms. The molecule has 6 nitrogen and oxygen atoms in total. The number of hydrogen-bond acceptors (Lipinski definition) is 5. The molecule has 3 atom stereocenters. The highest BCUT2D eigenvalue weighted by Gasteiger charge is 2.46. The Morgan fingerprint density at radius 2 is 2.25 bits per heavy atom. The van der Waals surface area contributed by atoms with Gasteiger partial charge in [0.25, 0.3) is 0 Å². The molecule has 0 aliphatic carbocycles. The fraction of sp³-hybridized carbons (Fsp3) is 0.556. The van der Waals surface area contributed by atoms with Crippen molar-refractivity contribution in [3.63, 3.8) is 0 Å². The number of rotatable bonds is 2. The van der Waals surface area contributed by atoms with Gasteiger partial charge in [0, 0.05) is 12.6 Å². The second-order valence-corrected chi connectivity index (χ2v) is 7.06. The van der Waals surface area contributed by atoms with Crippen molar-refractivity contribution in [2.45, 2.75) is 50.5 Å². The molecule has 1 amide bonds. The normalized spacial score (nSPS) is 27.7. The lowest BCUT2D eigenvalue weighted by molar-refractivity contribution is -0.143. The molecular formula is C18H23N3O3. The summed E-state index contributed by atoms with van der Waals surface area (Å²) in [5.74, 6) is 0.566. The summed E-state index contributed by atoms with van der Waals surface area (Å²) in [6.45, 7) is 4.44. The summed E-state index contributed by atoms with van der Waals surface area (Å²) in [6, 6.07) is 6.46. The molecule has 24 heavy (non-hydrogen) atoms. The van der Waals surface area contributed by atoms with Crippen LogP contribution < -0.4 is 10.1 Å². The van der Waals surface area contributed by atoms with Crippen LogP contribution >= 0.6 is 0 Å². The quantitative estimate of drug-likeness (QED) is 0.855. The zero-order valence-electron chi connectivity index (χ0n) is 14.2. The molecule has 2 aliphatic rings. The molecule has 3 unspecified atom stereocenters. The fourth-order valence-corrected chi connectivity index (χ4v) is 3.53. The summed E-state index contributed by atoms with van der Waals surface area (Å²) in [4.78, 5) is 14.4. The molecule has 1 aromatic carbocycles. The Kier molecular flexibility index (Phi) is 4.24. The van der Waals surface area contributed by atoms with E-state index in [0.29, 0.717) is 16.9 Å². The number of nitrogens with one attached hydrogen (secondary N) is 1. The lowest BCUT2D eigenvalue weighted by Crippen LogP contribution is -2.55. The van der Waals surface area contributed by atoms with E-state index in [0.717, 1.165) is 19.4 Å². The van der Waals surface area contributed by atoms with Crippen LogP contribution in [0.25, 0.3) is 0 Å². The van der Waals surface area contributed by atoms with E-state index < -0.39 is 17.7 Å². The summed E-state index contributed by atoms with van der Waals surface area (Å²) in [7, 11) is 1.71. The van der Waals surface area contributed by atoms with Crippen LogP contribution in [-0.4, -0.2) is 47.3 Å². The summed E-state index contributed by atoms with van der Waals surface area (Å²) in [5, 5.41) is 23.2. The van der Waals surface area contributed by atoms with Crippen LogP contribution in [0.2, 0.25) is 0 Å². The largest absolute Gasteiger partial charge is 0.485 e. The third-order valence-electron chi connectivity index (χ3n) is 4.97. The van der Waals surface area contributed by atoms with Gasteiger partial charge >= 0.3 is 0 Å². The van der Waals surface area contributed by atoms with Gasteiger partial charge in [-0.3, -0.25) is 4.79 Å². The van der Waals surface area contributed by atoms with Gasteiger partial charge in [-0.15, -0.1) is 0 Å². The number of aliphatic hydroxyl groups excluding tert-OH is 1. The van der Waals surface area contributed by atoms with Crippen molar-refractivity contribution in [1.82, 2.24) is 10.2 Å². The van der Waals surface area contributed by atoms with Crippen molar-refractivity contribution >= 4 is 5.91 Å². The van der Waals surface area contributed by atoms with Gasteiger partial charge in [-0.25, -0.2) is 0 Å². The average Bonchev–Trinajstić information content (AvgIpc) is 3.08. The molecule has 2 N–H and O–H groups in total. The van der Waals surface area contributed by atoms with Gasteiger partial charge in [0.05, 0.1) is 23.7 Å². The molecule has 1 saturated heterocycles. The van der Waals surface area contributed by atoms with E-state index >= 15 is 0 Å². The van der Waals surface area contributed by atoms with Crippen molar-refractivity contribution in [2.24, 2.45) is 0 Å². The molecule has 0 saturated carbocycles. The third kappa shape index (κ3) is 2.74. The van der Waals surface area contributed by atoms with Crippen molar-refractivity contribution in [3.05, 3.63) is 29.3 Å². The van der Waals surface area contributed by atoms with E-state index in [2.05, 4.69) is 11.4 Å². The maximum absolute atomic E-state index is 12.8. The molecular weight excluding hydrogens is 306 g/mol. The van der Waals surface area contributed by atoms with Gasteiger partial charge in [0.2, 0.25) is 5.91 Å². The Hall–Kier alpha value is -2.10. The highest BCUT2D eigenvalue weighted by Crippen LogP contribution is 2.43. The van der Waals surface area contributed by atoms with Gasteiger partial charge in [-0.2, -0.15) is 5.26 Å². The van der Waals surface area contributed by atoms with Crippen LogP contribution in [0.15, 0.2) is 18.2 Å². The highest BCUT2D eigenvalue weighted by atomic mass is 16.5. The number of nitriles is 1. The van der Waals surface area contributed by atoms with E-state index in [1.54, 1.807) is 44.0 Å². The van der Waals surface area contributed by atoms with Crippen LogP contribution in [0.4, 0.5) is 0 Å². The maximum atomic E-state index is 12.8. The Bertz CT molecular complexity index is 689. The number of benzene rings is 1. The molecule has 2 aliphatic heterocycles. The van der Waals surface area contributed by atoms with Crippen LogP contribution in [0, 0.1) is 11.3 Å².